The third-order valence-corrected chi connectivity index (χ3v) is 10.5. The van der Waals surface area contributed by atoms with Gasteiger partial charge in [0.15, 0.2) is 0 Å². The number of aromatic amines is 1. The topological polar surface area (TPSA) is 127 Å². The van der Waals surface area contributed by atoms with Gasteiger partial charge in [0.2, 0.25) is 0 Å². The molecule has 6 rings (SSSR count). The molecule has 1 atom stereocenters. The van der Waals surface area contributed by atoms with E-state index in [0.29, 0.717) is 65.1 Å². The molecule has 2 aliphatic heterocycles. The number of thiazole rings is 1. The van der Waals surface area contributed by atoms with Gasteiger partial charge in [-0.25, -0.2) is 0 Å². The number of thiophene rings is 1. The van der Waals surface area contributed by atoms with Crippen LogP contribution in [0.15, 0.2) is 52.6 Å². The highest BCUT2D eigenvalue weighted by Crippen LogP contribution is 2.33. The number of hydrogen-bond donors (Lipinski definition) is 4. The number of phenolic OH excluding ortho intramolecular Hbond substituents is 1. The van der Waals surface area contributed by atoms with Crippen LogP contribution in [0.5, 0.6) is 11.5 Å². The number of aliphatic hydroxyl groups excluding tert-OH is 1. The van der Waals surface area contributed by atoms with Gasteiger partial charge in [-0.05, 0) is 48.1 Å². The van der Waals surface area contributed by atoms with Crippen molar-refractivity contribution in [3.63, 3.8) is 0 Å². The molecule has 4 heterocycles. The number of benzene rings is 2. The van der Waals surface area contributed by atoms with Gasteiger partial charge in [-0.2, -0.15) is 0 Å². The lowest BCUT2D eigenvalue weighted by Crippen LogP contribution is -2.58. The van der Waals surface area contributed by atoms with Crippen LogP contribution in [0.4, 0.5) is 0 Å². The molecule has 1 amide bonds. The summed E-state index contributed by atoms with van der Waals surface area (Å²) < 4.78 is 13.3. The van der Waals surface area contributed by atoms with Gasteiger partial charge in [0.25, 0.3) is 5.91 Å². The number of aromatic hydroxyl groups is 1. The number of carbonyl (C=O) groups is 1. The largest absolute Gasteiger partial charge is 0.506 e. The Balaban J connectivity index is 0.912. The van der Waals surface area contributed by atoms with E-state index in [1.54, 1.807) is 12.1 Å². The molecule has 234 valence electrons. The van der Waals surface area contributed by atoms with Crippen LogP contribution < -0.4 is 14.9 Å². The van der Waals surface area contributed by atoms with Crippen molar-refractivity contribution in [1.82, 2.24) is 20.1 Å². The number of carbonyl (C=O) groups excluding carboxylic acids is 1. The summed E-state index contributed by atoms with van der Waals surface area (Å²) in [5.74, 6) is 0.778. The van der Waals surface area contributed by atoms with E-state index in [-0.39, 0.29) is 22.1 Å². The fourth-order valence-corrected chi connectivity index (χ4v) is 7.70. The zero-order valence-corrected chi connectivity index (χ0v) is 26.5. The smallest absolute Gasteiger partial charge is 0.305 e. The molecule has 4 N–H and O–H groups in total. The second kappa shape index (κ2) is 13.6. The standard InChI is InChI=1S/C31H35ClN4O6S2/c32-28-23(7-16-43-28)29(39)36-13-15-42-31(19-36)8-10-35(11-9-31)12-14-41-21-3-1-20(2-4-21)17-33-18-25(38)22-5-6-24(37)26-27(22)44-30(40)34-26/h1-7,16,25,33,37-38H,8-15,17-19H2,(H,34,40)/t25-/m0/s1. The van der Waals surface area contributed by atoms with Crippen molar-refractivity contribution in [2.24, 2.45) is 0 Å². The van der Waals surface area contributed by atoms with Gasteiger partial charge in [-0.3, -0.25) is 14.5 Å². The van der Waals surface area contributed by atoms with E-state index in [2.05, 4.69) is 15.2 Å². The summed E-state index contributed by atoms with van der Waals surface area (Å²) >= 11 is 8.57. The van der Waals surface area contributed by atoms with Crippen molar-refractivity contribution in [1.29, 1.82) is 0 Å². The third kappa shape index (κ3) is 6.96. The number of likely N-dealkylation sites (tertiary alicyclic amines) is 1. The Morgan fingerprint density at radius 1 is 1.16 bits per heavy atom. The van der Waals surface area contributed by atoms with E-state index in [0.717, 1.165) is 55.1 Å². The summed E-state index contributed by atoms with van der Waals surface area (Å²) in [5, 5.41) is 25.8. The third-order valence-electron chi connectivity index (χ3n) is 8.36. The molecule has 0 bridgehead atoms. The Kier molecular flexibility index (Phi) is 9.57. The minimum atomic E-state index is -0.826. The minimum absolute atomic E-state index is 0.00916. The van der Waals surface area contributed by atoms with Crippen LogP contribution >= 0.6 is 34.3 Å². The van der Waals surface area contributed by atoms with Crippen LogP contribution in [-0.4, -0.2) is 89.0 Å². The Bertz CT molecular complexity index is 1650. The first-order chi connectivity index (χ1) is 21.3. The summed E-state index contributed by atoms with van der Waals surface area (Å²) in [6.45, 7) is 5.74. The van der Waals surface area contributed by atoms with E-state index in [1.165, 1.54) is 17.4 Å². The number of halogens is 1. The number of fused-ring (bicyclic) bond motifs is 1. The van der Waals surface area contributed by atoms with Crippen molar-refractivity contribution >= 4 is 50.4 Å². The van der Waals surface area contributed by atoms with Gasteiger partial charge in [0.05, 0.1) is 35.1 Å². The summed E-state index contributed by atoms with van der Waals surface area (Å²) in [6.07, 6.45) is 0.912. The highest BCUT2D eigenvalue weighted by atomic mass is 35.5. The van der Waals surface area contributed by atoms with Gasteiger partial charge < -0.3 is 34.9 Å². The zero-order chi connectivity index (χ0) is 30.7. The van der Waals surface area contributed by atoms with Crippen molar-refractivity contribution in [3.05, 3.63) is 78.5 Å². The molecule has 10 nitrogen and oxygen atoms in total. The molecule has 0 aliphatic carbocycles. The van der Waals surface area contributed by atoms with Crippen LogP contribution in [-0.2, 0) is 11.3 Å². The predicted molar refractivity (Wildman–Crippen MR) is 172 cm³/mol. The summed E-state index contributed by atoms with van der Waals surface area (Å²) in [6, 6.07) is 12.8. The van der Waals surface area contributed by atoms with Crippen LogP contribution in [0.25, 0.3) is 10.2 Å². The first kappa shape index (κ1) is 31.0. The number of hydrogen-bond acceptors (Lipinski definition) is 10. The first-order valence-electron chi connectivity index (χ1n) is 14.6. The molecule has 2 aromatic carbocycles. The molecule has 44 heavy (non-hydrogen) atoms. The lowest BCUT2D eigenvalue weighted by molar-refractivity contribution is -0.127. The minimum Gasteiger partial charge on any atom is -0.506 e. The molecule has 0 unspecified atom stereocenters. The Morgan fingerprint density at radius 3 is 2.70 bits per heavy atom. The summed E-state index contributed by atoms with van der Waals surface area (Å²) in [7, 11) is 0. The fourth-order valence-electron chi connectivity index (χ4n) is 5.88. The molecule has 2 saturated heterocycles. The number of piperidine rings is 1. The molecule has 2 aromatic heterocycles. The molecular formula is C31H35ClN4O6S2. The highest BCUT2D eigenvalue weighted by molar-refractivity contribution is 7.16. The van der Waals surface area contributed by atoms with Crippen molar-refractivity contribution < 1.29 is 24.5 Å². The van der Waals surface area contributed by atoms with Crippen LogP contribution in [0.3, 0.4) is 0 Å². The summed E-state index contributed by atoms with van der Waals surface area (Å²) in [5.41, 5.74) is 2.29. The molecular weight excluding hydrogens is 624 g/mol. The number of aliphatic hydroxyl groups is 1. The predicted octanol–water partition coefficient (Wildman–Crippen LogP) is 4.22. The van der Waals surface area contributed by atoms with E-state index in [4.69, 9.17) is 21.1 Å². The lowest BCUT2D eigenvalue weighted by Gasteiger charge is -2.47. The van der Waals surface area contributed by atoms with Gasteiger partial charge in [0, 0.05) is 44.8 Å². The van der Waals surface area contributed by atoms with Gasteiger partial charge >= 0.3 is 4.87 Å². The lowest BCUT2D eigenvalue weighted by atomic mass is 9.89. The number of ether oxygens (including phenoxy) is 2. The summed E-state index contributed by atoms with van der Waals surface area (Å²) in [4.78, 5) is 31.3. The van der Waals surface area contributed by atoms with E-state index in [1.807, 2.05) is 34.5 Å². The fraction of sp³-hybridized carbons (Fsp3) is 0.419. The molecule has 0 saturated carbocycles. The number of amides is 1. The normalized spacial score (nSPS) is 17.7. The number of H-pyrrole nitrogens is 1. The maximum atomic E-state index is 13.0. The van der Waals surface area contributed by atoms with E-state index in [9.17, 15) is 19.8 Å². The number of rotatable bonds is 10. The number of phenols is 1. The monoisotopic (exact) mass is 658 g/mol. The maximum Gasteiger partial charge on any atom is 0.305 e. The van der Waals surface area contributed by atoms with Gasteiger partial charge in [-0.15, -0.1) is 11.3 Å². The van der Waals surface area contributed by atoms with Crippen molar-refractivity contribution in [2.75, 3.05) is 52.5 Å². The van der Waals surface area contributed by atoms with Crippen molar-refractivity contribution in [2.45, 2.75) is 31.1 Å². The Labute approximate surface area is 267 Å². The number of morpholine rings is 1. The van der Waals surface area contributed by atoms with Gasteiger partial charge in [-0.1, -0.05) is 41.1 Å². The van der Waals surface area contributed by atoms with E-state index < -0.39 is 6.10 Å². The van der Waals surface area contributed by atoms with Gasteiger partial charge in [0.1, 0.15) is 28.0 Å². The Hall–Kier alpha value is -2.97. The number of nitrogens with zero attached hydrogens (tertiary/aromatic N) is 2. The zero-order valence-electron chi connectivity index (χ0n) is 24.1. The maximum absolute atomic E-state index is 13.0. The number of aromatic nitrogens is 1. The molecule has 2 fully saturated rings. The quantitative estimate of drug-likeness (QED) is 0.200. The van der Waals surface area contributed by atoms with E-state index >= 15 is 0 Å². The molecule has 0 radical (unpaired) electrons. The molecule has 4 aromatic rings. The average Bonchev–Trinajstić information content (AvgIpc) is 3.64. The van der Waals surface area contributed by atoms with Crippen LogP contribution in [0.1, 0.15) is 40.4 Å². The van der Waals surface area contributed by atoms with Crippen LogP contribution in [0, 0.1) is 0 Å². The van der Waals surface area contributed by atoms with Crippen molar-refractivity contribution in [3.8, 4) is 11.5 Å². The second-order valence-electron chi connectivity index (χ2n) is 11.2. The highest BCUT2D eigenvalue weighted by Gasteiger charge is 2.41. The average molecular weight is 659 g/mol. The second-order valence-corrected chi connectivity index (χ2v) is 13.7. The molecule has 1 spiro atoms. The number of nitrogens with one attached hydrogen (secondary N) is 2. The molecule has 13 heteroatoms. The van der Waals surface area contributed by atoms with Crippen LogP contribution in [0.2, 0.25) is 4.34 Å². The SMILES string of the molecule is O=C(c1ccsc1Cl)N1CCOC2(CCN(CCOc3ccc(CNC[C@H](O)c4ccc(O)c5[nH]c(=O)sc45)cc3)CC2)C1. The molecule has 2 aliphatic rings. The first-order valence-corrected chi connectivity index (χ1v) is 16.7. The Morgan fingerprint density at radius 2 is 1.95 bits per heavy atom.